The van der Waals surface area contributed by atoms with E-state index in [-0.39, 0.29) is 18.0 Å². The van der Waals surface area contributed by atoms with Gasteiger partial charge in [0.05, 0.1) is 11.3 Å². The first-order chi connectivity index (χ1) is 8.65. The lowest BCUT2D eigenvalue weighted by Crippen LogP contribution is -2.15. The number of ether oxygens (including phenoxy) is 1. The first-order valence-electron chi connectivity index (χ1n) is 5.06. The van der Waals surface area contributed by atoms with Crippen LogP contribution in [0.2, 0.25) is 0 Å². The van der Waals surface area contributed by atoms with Gasteiger partial charge in [0.25, 0.3) is 5.69 Å². The van der Waals surface area contributed by atoms with E-state index in [0.29, 0.717) is 0 Å². The summed E-state index contributed by atoms with van der Waals surface area (Å²) in [4.78, 5) is 25.2. The lowest BCUT2D eigenvalue weighted by atomic mass is 10.3. The summed E-state index contributed by atoms with van der Waals surface area (Å²) in [6, 6.07) is 5.31. The number of hydrogen-bond acceptors (Lipinski definition) is 5. The lowest BCUT2D eigenvalue weighted by molar-refractivity contribution is -0.384. The molecule has 1 aromatic carbocycles. The number of imidazole rings is 1. The van der Waals surface area contributed by atoms with E-state index in [1.165, 1.54) is 30.6 Å². The molecular formula is C11H9N3O4. The van der Waals surface area contributed by atoms with Crippen molar-refractivity contribution in [3.05, 3.63) is 53.1 Å². The van der Waals surface area contributed by atoms with Crippen LogP contribution in [0.1, 0.15) is 0 Å². The molecule has 1 aromatic heterocycles. The summed E-state index contributed by atoms with van der Waals surface area (Å²) in [5.74, 6) is -0.201. The molecule has 0 unspecified atom stereocenters. The molecule has 0 saturated carbocycles. The van der Waals surface area contributed by atoms with Crippen LogP contribution in [0.5, 0.6) is 5.75 Å². The zero-order valence-corrected chi connectivity index (χ0v) is 9.22. The van der Waals surface area contributed by atoms with Gasteiger partial charge in [-0.2, -0.15) is 0 Å². The number of nitro groups is 1. The van der Waals surface area contributed by atoms with Gasteiger partial charge in [-0.3, -0.25) is 10.1 Å². The Morgan fingerprint density at radius 3 is 2.67 bits per heavy atom. The minimum Gasteiger partial charge on any atom is -0.425 e. The second kappa shape index (κ2) is 5.09. The van der Waals surface area contributed by atoms with E-state index in [4.69, 9.17) is 4.74 Å². The maximum absolute atomic E-state index is 11.5. The Labute approximate surface area is 102 Å². The molecule has 18 heavy (non-hydrogen) atoms. The Balaban J connectivity index is 1.97. The van der Waals surface area contributed by atoms with E-state index < -0.39 is 10.9 Å². The van der Waals surface area contributed by atoms with Crippen LogP contribution < -0.4 is 4.74 Å². The van der Waals surface area contributed by atoms with Gasteiger partial charge in [0.2, 0.25) is 0 Å². The van der Waals surface area contributed by atoms with Gasteiger partial charge in [-0.15, -0.1) is 0 Å². The van der Waals surface area contributed by atoms with E-state index in [9.17, 15) is 14.9 Å². The number of carbonyl (C=O) groups is 1. The van der Waals surface area contributed by atoms with Crippen molar-refractivity contribution >= 4 is 11.7 Å². The summed E-state index contributed by atoms with van der Waals surface area (Å²) in [5, 5.41) is 10.4. The molecule has 0 saturated heterocycles. The SMILES string of the molecule is O=C(Cn1ccnc1)Oc1ccc([N+](=O)[O-])cc1. The van der Waals surface area contributed by atoms with Gasteiger partial charge in [0.1, 0.15) is 12.3 Å². The molecule has 0 radical (unpaired) electrons. The van der Waals surface area contributed by atoms with Crippen molar-refractivity contribution < 1.29 is 14.5 Å². The quantitative estimate of drug-likeness (QED) is 0.352. The molecule has 7 heteroatoms. The van der Waals surface area contributed by atoms with Crippen LogP contribution in [-0.4, -0.2) is 20.4 Å². The number of nitrogens with zero attached hydrogens (tertiary/aromatic N) is 3. The number of carbonyl (C=O) groups excluding carboxylic acids is 1. The third-order valence-corrected chi connectivity index (χ3v) is 2.15. The summed E-state index contributed by atoms with van der Waals surface area (Å²) in [5.41, 5.74) is -0.0515. The molecule has 0 N–H and O–H groups in total. The number of nitro benzene ring substituents is 1. The molecule has 0 aliphatic rings. The van der Waals surface area contributed by atoms with Crippen LogP contribution >= 0.6 is 0 Å². The van der Waals surface area contributed by atoms with Crippen LogP contribution in [0.15, 0.2) is 43.0 Å². The molecule has 2 rings (SSSR count). The van der Waals surface area contributed by atoms with Gasteiger partial charge in [-0.1, -0.05) is 0 Å². The first kappa shape index (κ1) is 11.8. The smallest absolute Gasteiger partial charge is 0.331 e. The molecule has 7 nitrogen and oxygen atoms in total. The fraction of sp³-hybridized carbons (Fsp3) is 0.0909. The third kappa shape index (κ3) is 2.91. The van der Waals surface area contributed by atoms with Gasteiger partial charge in [0.15, 0.2) is 0 Å². The number of aromatic nitrogens is 2. The van der Waals surface area contributed by atoms with Crippen molar-refractivity contribution in [3.63, 3.8) is 0 Å². The molecule has 0 aliphatic heterocycles. The van der Waals surface area contributed by atoms with Gasteiger partial charge >= 0.3 is 5.97 Å². The number of benzene rings is 1. The largest absolute Gasteiger partial charge is 0.425 e. The number of non-ortho nitro benzene ring substituents is 1. The molecular weight excluding hydrogens is 238 g/mol. The average molecular weight is 247 g/mol. The topological polar surface area (TPSA) is 87.3 Å². The van der Waals surface area contributed by atoms with Gasteiger partial charge in [-0.25, -0.2) is 9.78 Å². The summed E-state index contributed by atoms with van der Waals surface area (Å²) >= 11 is 0. The van der Waals surface area contributed by atoms with E-state index in [2.05, 4.69) is 4.98 Å². The van der Waals surface area contributed by atoms with Crippen LogP contribution in [-0.2, 0) is 11.3 Å². The van der Waals surface area contributed by atoms with E-state index in [0.717, 1.165) is 0 Å². The number of esters is 1. The van der Waals surface area contributed by atoms with Crippen LogP contribution in [0.3, 0.4) is 0 Å². The monoisotopic (exact) mass is 247 g/mol. The molecule has 1 heterocycles. The molecule has 0 aliphatic carbocycles. The molecule has 0 spiro atoms. The highest BCUT2D eigenvalue weighted by Crippen LogP contribution is 2.17. The Kier molecular flexibility index (Phi) is 3.33. The molecule has 0 atom stereocenters. The Hall–Kier alpha value is -2.70. The highest BCUT2D eigenvalue weighted by molar-refractivity contribution is 5.72. The summed E-state index contributed by atoms with van der Waals surface area (Å²) in [6.07, 6.45) is 4.69. The fourth-order valence-corrected chi connectivity index (χ4v) is 1.33. The predicted molar refractivity (Wildman–Crippen MR) is 61.0 cm³/mol. The molecule has 0 fully saturated rings. The van der Waals surface area contributed by atoms with Gasteiger partial charge < -0.3 is 9.30 Å². The highest BCUT2D eigenvalue weighted by atomic mass is 16.6. The molecule has 0 amide bonds. The maximum Gasteiger partial charge on any atom is 0.331 e. The molecule has 92 valence electrons. The second-order valence-electron chi connectivity index (χ2n) is 3.46. The van der Waals surface area contributed by atoms with Crippen molar-refractivity contribution in [2.45, 2.75) is 6.54 Å². The Bertz CT molecular complexity index is 548. The molecule has 0 bridgehead atoms. The van der Waals surface area contributed by atoms with Crippen LogP contribution in [0, 0.1) is 10.1 Å². The van der Waals surface area contributed by atoms with Crippen molar-refractivity contribution in [1.29, 1.82) is 0 Å². The normalized spacial score (nSPS) is 10.0. The maximum atomic E-state index is 11.5. The van der Waals surface area contributed by atoms with E-state index in [1.54, 1.807) is 17.0 Å². The van der Waals surface area contributed by atoms with Crippen molar-refractivity contribution in [2.75, 3.05) is 0 Å². The van der Waals surface area contributed by atoms with E-state index >= 15 is 0 Å². The summed E-state index contributed by atoms with van der Waals surface area (Å²) < 4.78 is 6.58. The van der Waals surface area contributed by atoms with Gasteiger partial charge in [0, 0.05) is 24.5 Å². The van der Waals surface area contributed by atoms with Crippen molar-refractivity contribution in [1.82, 2.24) is 9.55 Å². The predicted octanol–water partition coefficient (Wildman–Crippen LogP) is 1.40. The van der Waals surface area contributed by atoms with Crippen LogP contribution in [0.25, 0.3) is 0 Å². The summed E-state index contributed by atoms with van der Waals surface area (Å²) in [7, 11) is 0. The third-order valence-electron chi connectivity index (χ3n) is 2.15. The first-order valence-corrected chi connectivity index (χ1v) is 5.06. The Morgan fingerprint density at radius 1 is 1.39 bits per heavy atom. The minimum absolute atomic E-state index is 0.0387. The van der Waals surface area contributed by atoms with Crippen molar-refractivity contribution in [2.24, 2.45) is 0 Å². The number of rotatable bonds is 4. The highest BCUT2D eigenvalue weighted by Gasteiger charge is 2.08. The molecule has 2 aromatic rings. The van der Waals surface area contributed by atoms with Crippen LogP contribution in [0.4, 0.5) is 5.69 Å². The zero-order valence-electron chi connectivity index (χ0n) is 9.22. The van der Waals surface area contributed by atoms with Gasteiger partial charge in [-0.05, 0) is 12.1 Å². The zero-order chi connectivity index (χ0) is 13.0. The number of hydrogen-bond donors (Lipinski definition) is 0. The second-order valence-corrected chi connectivity index (χ2v) is 3.46. The Morgan fingerprint density at radius 2 is 2.11 bits per heavy atom. The lowest BCUT2D eigenvalue weighted by Gasteiger charge is -2.04. The minimum atomic E-state index is -0.517. The summed E-state index contributed by atoms with van der Waals surface area (Å²) in [6.45, 7) is 0.0387. The standard InChI is InChI=1S/C11H9N3O4/c15-11(7-13-6-5-12-8-13)18-10-3-1-9(2-4-10)14(16)17/h1-6,8H,7H2. The average Bonchev–Trinajstić information content (AvgIpc) is 2.82. The van der Waals surface area contributed by atoms with E-state index in [1.807, 2.05) is 0 Å². The van der Waals surface area contributed by atoms with Crippen molar-refractivity contribution in [3.8, 4) is 5.75 Å². The fourth-order valence-electron chi connectivity index (χ4n) is 1.33.